The molecule has 0 amide bonds. The summed E-state index contributed by atoms with van der Waals surface area (Å²) in [4.78, 5) is 1.82. The zero-order valence-corrected chi connectivity index (χ0v) is 12.1. The highest BCUT2D eigenvalue weighted by Gasteiger charge is 2.10. The van der Waals surface area contributed by atoms with Crippen LogP contribution in [0.1, 0.15) is 11.1 Å². The molecular weight excluding hydrogens is 269 g/mol. The summed E-state index contributed by atoms with van der Waals surface area (Å²) in [7, 11) is 3.36. The maximum Gasteiger partial charge on any atom is 0.146 e. The van der Waals surface area contributed by atoms with Crippen molar-refractivity contribution in [3.63, 3.8) is 0 Å². The first-order valence-corrected chi connectivity index (χ1v) is 6.50. The molecule has 2 rings (SSSR count). The number of ether oxygens (including phenoxy) is 1. The standard InChI is InChI=1S/C16H18FN3O/c1-20(14-6-4-3-5-13(14)17)10-11-7-8-12(16(18)19)15(9-11)21-2/h3-9H,10H2,1-2H3,(H3,18,19). The fourth-order valence-electron chi connectivity index (χ4n) is 2.18. The third kappa shape index (κ3) is 3.31. The van der Waals surface area contributed by atoms with E-state index in [-0.39, 0.29) is 11.7 Å². The fourth-order valence-corrected chi connectivity index (χ4v) is 2.18. The molecule has 4 nitrogen and oxygen atoms in total. The molecule has 0 aliphatic rings. The summed E-state index contributed by atoms with van der Waals surface area (Å²) in [5.41, 5.74) is 7.53. The molecule has 0 saturated carbocycles. The quantitative estimate of drug-likeness (QED) is 0.656. The number of para-hydroxylation sites is 1. The van der Waals surface area contributed by atoms with Gasteiger partial charge in [0.15, 0.2) is 0 Å². The van der Waals surface area contributed by atoms with E-state index < -0.39 is 0 Å². The molecule has 110 valence electrons. The molecular formula is C16H18FN3O. The van der Waals surface area contributed by atoms with Gasteiger partial charge < -0.3 is 15.4 Å². The Hall–Kier alpha value is -2.56. The van der Waals surface area contributed by atoms with Gasteiger partial charge in [-0.2, -0.15) is 0 Å². The van der Waals surface area contributed by atoms with Crippen LogP contribution in [0.5, 0.6) is 5.75 Å². The second kappa shape index (κ2) is 6.26. The van der Waals surface area contributed by atoms with E-state index in [1.807, 2.05) is 24.1 Å². The Bertz CT molecular complexity index is 658. The van der Waals surface area contributed by atoms with Gasteiger partial charge in [-0.15, -0.1) is 0 Å². The minimum Gasteiger partial charge on any atom is -0.496 e. The lowest BCUT2D eigenvalue weighted by Gasteiger charge is -2.20. The topological polar surface area (TPSA) is 62.3 Å². The van der Waals surface area contributed by atoms with E-state index in [0.29, 0.717) is 23.5 Å². The molecule has 2 aromatic carbocycles. The van der Waals surface area contributed by atoms with Gasteiger partial charge in [0, 0.05) is 13.6 Å². The molecule has 5 heteroatoms. The van der Waals surface area contributed by atoms with Gasteiger partial charge in [0.2, 0.25) is 0 Å². The zero-order chi connectivity index (χ0) is 15.4. The Labute approximate surface area is 123 Å². The largest absolute Gasteiger partial charge is 0.496 e. The number of nitrogens with zero attached hydrogens (tertiary/aromatic N) is 1. The van der Waals surface area contributed by atoms with Gasteiger partial charge in [0.1, 0.15) is 17.4 Å². The number of nitrogens with one attached hydrogen (secondary N) is 1. The molecule has 0 bridgehead atoms. The number of benzene rings is 2. The maximum atomic E-state index is 13.7. The second-order valence-corrected chi connectivity index (χ2v) is 4.76. The van der Waals surface area contributed by atoms with Gasteiger partial charge in [-0.25, -0.2) is 4.39 Å². The van der Waals surface area contributed by atoms with Crippen LogP contribution in [0.15, 0.2) is 42.5 Å². The van der Waals surface area contributed by atoms with E-state index >= 15 is 0 Å². The molecule has 21 heavy (non-hydrogen) atoms. The molecule has 0 spiro atoms. The molecule has 0 atom stereocenters. The molecule has 0 radical (unpaired) electrons. The van der Waals surface area contributed by atoms with Crippen LogP contribution in [0.2, 0.25) is 0 Å². The van der Waals surface area contributed by atoms with Gasteiger partial charge >= 0.3 is 0 Å². The van der Waals surface area contributed by atoms with Gasteiger partial charge in [-0.1, -0.05) is 18.2 Å². The summed E-state index contributed by atoms with van der Waals surface area (Å²) in [6, 6.07) is 12.0. The van der Waals surface area contributed by atoms with Gasteiger partial charge in [0.05, 0.1) is 18.4 Å². The van der Waals surface area contributed by atoms with Crippen LogP contribution in [0, 0.1) is 11.2 Å². The van der Waals surface area contributed by atoms with E-state index in [9.17, 15) is 4.39 Å². The molecule has 0 aromatic heterocycles. The summed E-state index contributed by atoms with van der Waals surface area (Å²) < 4.78 is 19.0. The van der Waals surface area contributed by atoms with Gasteiger partial charge in [-0.05, 0) is 29.8 Å². The number of hydrogen-bond donors (Lipinski definition) is 2. The van der Waals surface area contributed by atoms with Crippen molar-refractivity contribution in [2.24, 2.45) is 5.73 Å². The average Bonchev–Trinajstić information content (AvgIpc) is 2.47. The SMILES string of the molecule is COc1cc(CN(C)c2ccccc2F)ccc1C(=N)N. The number of hydrogen-bond acceptors (Lipinski definition) is 3. The summed E-state index contributed by atoms with van der Waals surface area (Å²) in [5.74, 6) is 0.245. The highest BCUT2D eigenvalue weighted by Crippen LogP contribution is 2.23. The van der Waals surface area contributed by atoms with Crippen LogP contribution in [-0.4, -0.2) is 20.0 Å². The van der Waals surface area contributed by atoms with E-state index in [1.54, 1.807) is 24.3 Å². The molecule has 0 heterocycles. The minimum atomic E-state index is -0.257. The molecule has 0 aliphatic heterocycles. The van der Waals surface area contributed by atoms with E-state index in [4.69, 9.17) is 15.9 Å². The van der Waals surface area contributed by atoms with Crippen LogP contribution < -0.4 is 15.4 Å². The number of anilines is 1. The summed E-state index contributed by atoms with van der Waals surface area (Å²) >= 11 is 0. The minimum absolute atomic E-state index is 0.0409. The first-order chi connectivity index (χ1) is 10.0. The highest BCUT2D eigenvalue weighted by molar-refractivity contribution is 5.97. The molecule has 0 fully saturated rings. The summed E-state index contributed by atoms with van der Waals surface area (Å²) in [5, 5.41) is 7.49. The first kappa shape index (κ1) is 14.8. The normalized spacial score (nSPS) is 10.2. The number of methoxy groups -OCH3 is 1. The van der Waals surface area contributed by atoms with Crippen molar-refractivity contribution in [1.29, 1.82) is 5.41 Å². The van der Waals surface area contributed by atoms with Crippen LogP contribution in [-0.2, 0) is 6.54 Å². The average molecular weight is 287 g/mol. The lowest BCUT2D eigenvalue weighted by atomic mass is 10.1. The van der Waals surface area contributed by atoms with Crippen molar-refractivity contribution in [1.82, 2.24) is 0 Å². The lowest BCUT2D eigenvalue weighted by molar-refractivity contribution is 0.413. The van der Waals surface area contributed by atoms with Crippen LogP contribution in [0.25, 0.3) is 0 Å². The van der Waals surface area contributed by atoms with Gasteiger partial charge in [0.25, 0.3) is 0 Å². The van der Waals surface area contributed by atoms with Crippen molar-refractivity contribution >= 4 is 11.5 Å². The molecule has 0 aliphatic carbocycles. The molecule has 2 aromatic rings. The monoisotopic (exact) mass is 287 g/mol. The van der Waals surface area contributed by atoms with Crippen LogP contribution in [0.3, 0.4) is 0 Å². The summed E-state index contributed by atoms with van der Waals surface area (Å²) in [6.07, 6.45) is 0. The Morgan fingerprint density at radius 3 is 2.62 bits per heavy atom. The van der Waals surface area contributed by atoms with Crippen molar-refractivity contribution in [2.45, 2.75) is 6.54 Å². The van der Waals surface area contributed by atoms with Gasteiger partial charge in [-0.3, -0.25) is 5.41 Å². The Balaban J connectivity index is 2.24. The first-order valence-electron chi connectivity index (χ1n) is 6.50. The van der Waals surface area contributed by atoms with E-state index in [2.05, 4.69) is 0 Å². The molecule has 0 saturated heterocycles. The van der Waals surface area contributed by atoms with E-state index in [0.717, 1.165) is 5.56 Å². The Morgan fingerprint density at radius 1 is 1.29 bits per heavy atom. The maximum absolute atomic E-state index is 13.7. The number of halogens is 1. The predicted octanol–water partition coefficient (Wildman–Crippen LogP) is 2.75. The van der Waals surface area contributed by atoms with Crippen LogP contribution in [0.4, 0.5) is 10.1 Å². The summed E-state index contributed by atoms with van der Waals surface area (Å²) in [6.45, 7) is 0.523. The van der Waals surface area contributed by atoms with Crippen LogP contribution >= 0.6 is 0 Å². The van der Waals surface area contributed by atoms with E-state index in [1.165, 1.54) is 13.2 Å². The van der Waals surface area contributed by atoms with Crippen molar-refractivity contribution in [3.8, 4) is 5.75 Å². The number of rotatable bonds is 5. The van der Waals surface area contributed by atoms with Crippen molar-refractivity contribution < 1.29 is 9.13 Å². The Morgan fingerprint density at radius 2 is 2.00 bits per heavy atom. The highest BCUT2D eigenvalue weighted by atomic mass is 19.1. The number of amidine groups is 1. The molecule has 3 N–H and O–H groups in total. The Kier molecular flexibility index (Phi) is 4.42. The third-order valence-corrected chi connectivity index (χ3v) is 3.24. The number of nitrogens with two attached hydrogens (primary N) is 1. The van der Waals surface area contributed by atoms with Crippen molar-refractivity contribution in [3.05, 3.63) is 59.4 Å². The lowest BCUT2D eigenvalue weighted by Crippen LogP contribution is -2.18. The van der Waals surface area contributed by atoms with Crippen molar-refractivity contribution in [2.75, 3.05) is 19.1 Å². The number of nitrogen functional groups attached to an aromatic ring is 1. The zero-order valence-electron chi connectivity index (χ0n) is 12.1. The smallest absolute Gasteiger partial charge is 0.146 e. The second-order valence-electron chi connectivity index (χ2n) is 4.76. The predicted molar refractivity (Wildman–Crippen MR) is 82.5 cm³/mol. The third-order valence-electron chi connectivity index (χ3n) is 3.24. The molecule has 0 unspecified atom stereocenters. The fraction of sp³-hybridized carbons (Fsp3) is 0.188.